The average molecular weight is 372 g/mol. The molecule has 0 spiro atoms. The Labute approximate surface area is 155 Å². The summed E-state index contributed by atoms with van der Waals surface area (Å²) in [6, 6.07) is 6.53. The lowest BCUT2D eigenvalue weighted by atomic mass is 10.1. The highest BCUT2D eigenvalue weighted by atomic mass is 16.5. The third kappa shape index (κ3) is 4.60. The zero-order valence-electron chi connectivity index (χ0n) is 15.3. The van der Waals surface area contributed by atoms with Gasteiger partial charge in [0.15, 0.2) is 11.6 Å². The summed E-state index contributed by atoms with van der Waals surface area (Å²) in [4.78, 5) is 47.6. The van der Waals surface area contributed by atoms with Crippen molar-refractivity contribution in [2.45, 2.75) is 26.7 Å². The fraction of sp³-hybridized carbons (Fsp3) is 0.263. The molecule has 8 nitrogen and oxygen atoms in total. The third-order valence-electron chi connectivity index (χ3n) is 3.93. The molecule has 0 aliphatic rings. The van der Waals surface area contributed by atoms with Crippen LogP contribution in [-0.4, -0.2) is 30.5 Å². The zero-order chi connectivity index (χ0) is 20.1. The molecule has 1 aromatic carbocycles. The number of methoxy groups -OCH3 is 1. The van der Waals surface area contributed by atoms with E-state index in [-0.39, 0.29) is 41.4 Å². The minimum Gasteiger partial charge on any atom is -0.497 e. The van der Waals surface area contributed by atoms with Crippen molar-refractivity contribution < 1.29 is 28.3 Å². The SMILES string of the molecule is COc1ccc(C(=O)CCC(=O)Nc2oc(C)c(C(C)=O)c2C(N)=O)cc1. The Morgan fingerprint density at radius 3 is 2.22 bits per heavy atom. The molecular weight excluding hydrogens is 352 g/mol. The first kappa shape index (κ1) is 19.9. The average Bonchev–Trinajstić information content (AvgIpc) is 2.95. The van der Waals surface area contributed by atoms with E-state index in [9.17, 15) is 19.2 Å². The number of aryl methyl sites for hydroxylation is 1. The van der Waals surface area contributed by atoms with E-state index in [1.165, 1.54) is 21.0 Å². The van der Waals surface area contributed by atoms with E-state index in [0.717, 1.165) is 0 Å². The number of primary amides is 1. The number of rotatable bonds is 8. The molecule has 0 aliphatic carbocycles. The summed E-state index contributed by atoms with van der Waals surface area (Å²) in [6.45, 7) is 2.76. The summed E-state index contributed by atoms with van der Waals surface area (Å²) in [6.07, 6.45) is -0.165. The molecule has 2 amide bonds. The summed E-state index contributed by atoms with van der Waals surface area (Å²) < 4.78 is 10.3. The van der Waals surface area contributed by atoms with Crippen molar-refractivity contribution in [1.82, 2.24) is 0 Å². The van der Waals surface area contributed by atoms with E-state index in [4.69, 9.17) is 14.9 Å². The monoisotopic (exact) mass is 372 g/mol. The Morgan fingerprint density at radius 2 is 1.70 bits per heavy atom. The molecule has 0 radical (unpaired) electrons. The standard InChI is InChI=1S/C19H20N2O6/c1-10(22)16-11(2)27-19(17(16)18(20)25)21-15(24)9-8-14(23)12-4-6-13(26-3)7-5-12/h4-7H,8-9H2,1-3H3,(H2,20,25)(H,21,24). The van der Waals surface area contributed by atoms with Gasteiger partial charge in [0.1, 0.15) is 17.1 Å². The number of anilines is 1. The van der Waals surface area contributed by atoms with Gasteiger partial charge in [0.05, 0.1) is 12.7 Å². The van der Waals surface area contributed by atoms with Crippen LogP contribution in [0.25, 0.3) is 0 Å². The second-order valence-electron chi connectivity index (χ2n) is 5.86. The van der Waals surface area contributed by atoms with E-state index >= 15 is 0 Å². The smallest absolute Gasteiger partial charge is 0.255 e. The van der Waals surface area contributed by atoms with Crippen LogP contribution in [-0.2, 0) is 4.79 Å². The maximum atomic E-state index is 12.2. The van der Waals surface area contributed by atoms with Crippen molar-refractivity contribution in [3.05, 3.63) is 46.7 Å². The lowest BCUT2D eigenvalue weighted by molar-refractivity contribution is -0.116. The highest BCUT2D eigenvalue weighted by Gasteiger charge is 2.26. The quantitative estimate of drug-likeness (QED) is 0.685. The Hall–Kier alpha value is -3.42. The Kier molecular flexibility index (Phi) is 6.12. The van der Waals surface area contributed by atoms with Gasteiger partial charge in [-0.25, -0.2) is 0 Å². The lowest BCUT2D eigenvalue weighted by Crippen LogP contribution is -2.19. The summed E-state index contributed by atoms with van der Waals surface area (Å²) in [5.41, 5.74) is 5.61. The van der Waals surface area contributed by atoms with Crippen molar-refractivity contribution in [2.75, 3.05) is 12.4 Å². The molecule has 2 aromatic rings. The van der Waals surface area contributed by atoms with Crippen LogP contribution in [0.15, 0.2) is 28.7 Å². The van der Waals surface area contributed by atoms with Gasteiger partial charge >= 0.3 is 0 Å². The molecule has 3 N–H and O–H groups in total. The van der Waals surface area contributed by atoms with E-state index in [2.05, 4.69) is 5.32 Å². The molecule has 0 unspecified atom stereocenters. The van der Waals surface area contributed by atoms with Crippen molar-refractivity contribution in [1.29, 1.82) is 0 Å². The largest absolute Gasteiger partial charge is 0.497 e. The van der Waals surface area contributed by atoms with E-state index in [0.29, 0.717) is 11.3 Å². The first-order valence-electron chi connectivity index (χ1n) is 8.15. The minimum atomic E-state index is -0.887. The Bertz CT molecular complexity index is 896. The Morgan fingerprint density at radius 1 is 1.07 bits per heavy atom. The molecule has 0 saturated carbocycles. The summed E-state index contributed by atoms with van der Waals surface area (Å²) in [5, 5.41) is 2.40. The molecule has 1 aromatic heterocycles. The molecule has 8 heteroatoms. The second-order valence-corrected chi connectivity index (χ2v) is 5.86. The third-order valence-corrected chi connectivity index (χ3v) is 3.93. The Balaban J connectivity index is 2.05. The molecule has 142 valence electrons. The lowest BCUT2D eigenvalue weighted by Gasteiger charge is -2.05. The van der Waals surface area contributed by atoms with Gasteiger partial charge in [-0.3, -0.25) is 24.5 Å². The van der Waals surface area contributed by atoms with Gasteiger partial charge in [-0.2, -0.15) is 0 Å². The predicted octanol–water partition coefficient (Wildman–Crippen LogP) is 2.50. The maximum Gasteiger partial charge on any atom is 0.255 e. The van der Waals surface area contributed by atoms with Crippen LogP contribution in [0.5, 0.6) is 5.75 Å². The van der Waals surface area contributed by atoms with Gasteiger partial charge in [0.2, 0.25) is 11.8 Å². The van der Waals surface area contributed by atoms with E-state index in [1.807, 2.05) is 0 Å². The summed E-state index contributed by atoms with van der Waals surface area (Å²) >= 11 is 0. The van der Waals surface area contributed by atoms with Crippen molar-refractivity contribution in [3.8, 4) is 5.75 Å². The molecule has 0 bridgehead atoms. The number of furan rings is 1. The normalized spacial score (nSPS) is 10.3. The number of carbonyl (C=O) groups is 4. The zero-order valence-corrected chi connectivity index (χ0v) is 15.3. The number of ether oxygens (including phenoxy) is 1. The number of benzene rings is 1. The van der Waals surface area contributed by atoms with Gasteiger partial charge in [-0.1, -0.05) is 0 Å². The van der Waals surface area contributed by atoms with Gasteiger partial charge in [0.25, 0.3) is 5.91 Å². The number of Topliss-reactive ketones (excluding diaryl/α,β-unsaturated/α-hetero) is 2. The first-order chi connectivity index (χ1) is 12.7. The van der Waals surface area contributed by atoms with Crippen molar-refractivity contribution in [2.24, 2.45) is 5.73 Å². The second kappa shape index (κ2) is 8.31. The number of ketones is 2. The van der Waals surface area contributed by atoms with Crippen molar-refractivity contribution >= 4 is 29.3 Å². The van der Waals surface area contributed by atoms with Crippen LogP contribution in [0.3, 0.4) is 0 Å². The fourth-order valence-electron chi connectivity index (χ4n) is 2.63. The molecule has 2 rings (SSSR count). The number of hydrogen-bond acceptors (Lipinski definition) is 6. The van der Waals surface area contributed by atoms with Crippen LogP contribution < -0.4 is 15.8 Å². The number of amides is 2. The van der Waals surface area contributed by atoms with E-state index in [1.54, 1.807) is 24.3 Å². The highest BCUT2D eigenvalue weighted by molar-refractivity contribution is 6.12. The van der Waals surface area contributed by atoms with Crippen LogP contribution in [0.4, 0.5) is 5.88 Å². The highest BCUT2D eigenvalue weighted by Crippen LogP contribution is 2.27. The summed E-state index contributed by atoms with van der Waals surface area (Å²) in [5.74, 6) is -1.43. The van der Waals surface area contributed by atoms with E-state index < -0.39 is 17.6 Å². The first-order valence-corrected chi connectivity index (χ1v) is 8.15. The van der Waals surface area contributed by atoms with Crippen molar-refractivity contribution in [3.63, 3.8) is 0 Å². The molecule has 1 heterocycles. The molecular formula is C19H20N2O6. The summed E-state index contributed by atoms with van der Waals surface area (Å²) in [7, 11) is 1.52. The van der Waals surface area contributed by atoms with Crippen LogP contribution in [0.1, 0.15) is 56.6 Å². The molecule has 0 saturated heterocycles. The number of hydrogen-bond donors (Lipinski definition) is 2. The predicted molar refractivity (Wildman–Crippen MR) is 97.2 cm³/mol. The van der Waals surface area contributed by atoms with Crippen LogP contribution in [0.2, 0.25) is 0 Å². The molecule has 27 heavy (non-hydrogen) atoms. The maximum absolute atomic E-state index is 12.2. The fourth-order valence-corrected chi connectivity index (χ4v) is 2.63. The van der Waals surface area contributed by atoms with Gasteiger partial charge < -0.3 is 14.9 Å². The number of carbonyl (C=O) groups excluding carboxylic acids is 4. The van der Waals surface area contributed by atoms with Gasteiger partial charge in [-0.15, -0.1) is 0 Å². The van der Waals surface area contributed by atoms with Crippen LogP contribution >= 0.6 is 0 Å². The number of nitrogens with two attached hydrogens (primary N) is 1. The molecule has 0 atom stereocenters. The molecule has 0 fully saturated rings. The number of nitrogens with one attached hydrogen (secondary N) is 1. The minimum absolute atomic E-state index is 0.0344. The van der Waals surface area contributed by atoms with Crippen LogP contribution in [0, 0.1) is 6.92 Å². The topological polar surface area (TPSA) is 129 Å². The van der Waals surface area contributed by atoms with Gasteiger partial charge in [0, 0.05) is 18.4 Å². The van der Waals surface area contributed by atoms with Gasteiger partial charge in [-0.05, 0) is 38.1 Å². The molecule has 0 aliphatic heterocycles.